The van der Waals surface area contributed by atoms with E-state index in [1.165, 1.54) is 6.42 Å². The molecule has 0 amide bonds. The zero-order chi connectivity index (χ0) is 10.8. The Hall–Kier alpha value is -0.730. The van der Waals surface area contributed by atoms with Gasteiger partial charge in [0.2, 0.25) is 0 Å². The number of rotatable bonds is 3. The Labute approximate surface area is 87.2 Å². The van der Waals surface area contributed by atoms with Crippen molar-refractivity contribution in [2.75, 3.05) is 13.6 Å². The second-order valence-electron chi connectivity index (χ2n) is 4.49. The summed E-state index contributed by atoms with van der Waals surface area (Å²) in [6, 6.07) is 0.802. The molecule has 1 unspecified atom stereocenters. The standard InChI is InChI=1S/C11H22N2O/c1-6-7-8-12-10-13(5)11(3,4)9(2)14-10/h9H,6-8H2,1-5H3. The lowest BCUT2D eigenvalue weighted by Gasteiger charge is -2.28. The van der Waals surface area contributed by atoms with Crippen LogP contribution in [-0.2, 0) is 4.74 Å². The van der Waals surface area contributed by atoms with Crippen LogP contribution < -0.4 is 0 Å². The minimum Gasteiger partial charge on any atom is -0.460 e. The fourth-order valence-corrected chi connectivity index (χ4v) is 1.38. The average Bonchev–Trinajstić information content (AvgIpc) is 2.31. The number of amidine groups is 1. The van der Waals surface area contributed by atoms with Gasteiger partial charge >= 0.3 is 0 Å². The zero-order valence-electron chi connectivity index (χ0n) is 10.0. The molecule has 1 aliphatic heterocycles. The molecule has 14 heavy (non-hydrogen) atoms. The molecule has 3 heteroatoms. The van der Waals surface area contributed by atoms with Gasteiger partial charge in [0.15, 0.2) is 0 Å². The van der Waals surface area contributed by atoms with Gasteiger partial charge in [0, 0.05) is 13.6 Å². The highest BCUT2D eigenvalue weighted by atomic mass is 16.5. The second kappa shape index (κ2) is 4.20. The number of aliphatic imine (C=N–C) groups is 1. The van der Waals surface area contributed by atoms with E-state index in [9.17, 15) is 0 Å². The van der Waals surface area contributed by atoms with E-state index in [1.54, 1.807) is 0 Å². The molecule has 0 aromatic heterocycles. The van der Waals surface area contributed by atoms with E-state index in [0.717, 1.165) is 19.0 Å². The highest BCUT2D eigenvalue weighted by Gasteiger charge is 2.41. The molecule has 1 saturated heterocycles. The number of unbranched alkanes of at least 4 members (excludes halogenated alkanes) is 1. The molecule has 0 radical (unpaired) electrons. The molecule has 0 aromatic rings. The SMILES string of the molecule is CCCCN=C1OC(C)C(C)(C)N1C. The summed E-state index contributed by atoms with van der Waals surface area (Å²) >= 11 is 0. The molecule has 1 fully saturated rings. The number of likely N-dealkylation sites (N-methyl/N-ethyl adjacent to an activating group) is 1. The monoisotopic (exact) mass is 198 g/mol. The lowest BCUT2D eigenvalue weighted by molar-refractivity contribution is 0.154. The lowest BCUT2D eigenvalue weighted by atomic mass is 9.99. The second-order valence-corrected chi connectivity index (χ2v) is 4.49. The molecule has 0 spiro atoms. The van der Waals surface area contributed by atoms with Gasteiger partial charge in [-0.15, -0.1) is 0 Å². The summed E-state index contributed by atoms with van der Waals surface area (Å²) in [4.78, 5) is 6.59. The minimum absolute atomic E-state index is 0.0606. The molecule has 0 bridgehead atoms. The predicted molar refractivity (Wildman–Crippen MR) is 59.6 cm³/mol. The van der Waals surface area contributed by atoms with Gasteiger partial charge < -0.3 is 9.64 Å². The van der Waals surface area contributed by atoms with Crippen LogP contribution in [0.5, 0.6) is 0 Å². The Kier molecular flexibility index (Phi) is 3.40. The van der Waals surface area contributed by atoms with Crippen LogP contribution in [0.3, 0.4) is 0 Å². The predicted octanol–water partition coefficient (Wildman–Crippen LogP) is 2.27. The van der Waals surface area contributed by atoms with Crippen molar-refractivity contribution in [3.05, 3.63) is 0 Å². The van der Waals surface area contributed by atoms with Crippen LogP contribution in [0, 0.1) is 0 Å². The molecular formula is C11H22N2O. The van der Waals surface area contributed by atoms with Crippen LogP contribution in [0.1, 0.15) is 40.5 Å². The zero-order valence-corrected chi connectivity index (χ0v) is 10.0. The summed E-state index contributed by atoms with van der Waals surface area (Å²) in [6.45, 7) is 9.50. The van der Waals surface area contributed by atoms with Crippen molar-refractivity contribution in [2.24, 2.45) is 4.99 Å². The third-order valence-electron chi connectivity index (χ3n) is 3.19. The third-order valence-corrected chi connectivity index (χ3v) is 3.19. The molecule has 3 nitrogen and oxygen atoms in total. The Morgan fingerprint density at radius 1 is 1.50 bits per heavy atom. The summed E-state index contributed by atoms with van der Waals surface area (Å²) in [5.41, 5.74) is 0.0606. The Morgan fingerprint density at radius 2 is 2.14 bits per heavy atom. The fourth-order valence-electron chi connectivity index (χ4n) is 1.38. The van der Waals surface area contributed by atoms with Crippen molar-refractivity contribution >= 4 is 6.02 Å². The molecule has 0 aromatic carbocycles. The summed E-state index contributed by atoms with van der Waals surface area (Å²) in [7, 11) is 2.05. The van der Waals surface area contributed by atoms with Crippen molar-refractivity contribution in [1.29, 1.82) is 0 Å². The van der Waals surface area contributed by atoms with Crippen molar-refractivity contribution in [1.82, 2.24) is 4.90 Å². The maximum Gasteiger partial charge on any atom is 0.287 e. The highest BCUT2D eigenvalue weighted by molar-refractivity contribution is 5.76. The van der Waals surface area contributed by atoms with Crippen LogP contribution in [0.15, 0.2) is 4.99 Å². The first-order valence-electron chi connectivity index (χ1n) is 5.45. The molecule has 1 atom stereocenters. The topological polar surface area (TPSA) is 24.8 Å². The van der Waals surface area contributed by atoms with E-state index in [4.69, 9.17) is 4.74 Å². The molecule has 1 heterocycles. The van der Waals surface area contributed by atoms with Crippen LogP contribution in [-0.4, -0.2) is 36.2 Å². The fraction of sp³-hybridized carbons (Fsp3) is 0.909. The van der Waals surface area contributed by atoms with Crippen molar-refractivity contribution in [3.8, 4) is 0 Å². The van der Waals surface area contributed by atoms with Gasteiger partial charge in [0.25, 0.3) is 6.02 Å². The minimum atomic E-state index is 0.0606. The number of ether oxygens (including phenoxy) is 1. The summed E-state index contributed by atoms with van der Waals surface area (Å²) < 4.78 is 5.71. The Bertz CT molecular complexity index is 223. The summed E-state index contributed by atoms with van der Waals surface area (Å²) in [6.07, 6.45) is 2.53. The van der Waals surface area contributed by atoms with E-state index in [0.29, 0.717) is 0 Å². The van der Waals surface area contributed by atoms with E-state index < -0.39 is 0 Å². The first-order valence-corrected chi connectivity index (χ1v) is 5.45. The van der Waals surface area contributed by atoms with E-state index in [-0.39, 0.29) is 11.6 Å². The number of hydrogen-bond acceptors (Lipinski definition) is 2. The van der Waals surface area contributed by atoms with Crippen LogP contribution >= 0.6 is 0 Å². The molecule has 0 saturated carbocycles. The van der Waals surface area contributed by atoms with E-state index in [1.807, 2.05) is 7.05 Å². The van der Waals surface area contributed by atoms with Gasteiger partial charge in [-0.2, -0.15) is 0 Å². The molecule has 1 aliphatic rings. The molecule has 82 valence electrons. The van der Waals surface area contributed by atoms with E-state index in [2.05, 4.69) is 37.6 Å². The largest absolute Gasteiger partial charge is 0.460 e. The van der Waals surface area contributed by atoms with Crippen molar-refractivity contribution < 1.29 is 4.74 Å². The first-order chi connectivity index (χ1) is 6.50. The number of hydrogen-bond donors (Lipinski definition) is 0. The van der Waals surface area contributed by atoms with Crippen molar-refractivity contribution in [2.45, 2.75) is 52.2 Å². The smallest absolute Gasteiger partial charge is 0.287 e. The van der Waals surface area contributed by atoms with Crippen molar-refractivity contribution in [3.63, 3.8) is 0 Å². The van der Waals surface area contributed by atoms with Crippen LogP contribution in [0.25, 0.3) is 0 Å². The van der Waals surface area contributed by atoms with Crippen LogP contribution in [0.2, 0.25) is 0 Å². The quantitative estimate of drug-likeness (QED) is 0.650. The van der Waals surface area contributed by atoms with Gasteiger partial charge in [-0.25, -0.2) is 4.99 Å². The van der Waals surface area contributed by atoms with Gasteiger partial charge in [-0.1, -0.05) is 13.3 Å². The molecular weight excluding hydrogens is 176 g/mol. The van der Waals surface area contributed by atoms with Crippen LogP contribution in [0.4, 0.5) is 0 Å². The number of nitrogens with zero attached hydrogens (tertiary/aromatic N) is 2. The summed E-state index contributed by atoms with van der Waals surface area (Å²) in [5.74, 6) is 0. The maximum atomic E-state index is 5.71. The summed E-state index contributed by atoms with van der Waals surface area (Å²) in [5, 5.41) is 0. The molecule has 0 aliphatic carbocycles. The van der Waals surface area contributed by atoms with Gasteiger partial charge in [0.1, 0.15) is 6.10 Å². The first kappa shape index (κ1) is 11.3. The average molecular weight is 198 g/mol. The normalized spacial score (nSPS) is 28.2. The van der Waals surface area contributed by atoms with Gasteiger partial charge in [-0.05, 0) is 27.2 Å². The Balaban J connectivity index is 2.62. The maximum absolute atomic E-state index is 5.71. The van der Waals surface area contributed by atoms with Gasteiger partial charge in [0.05, 0.1) is 5.54 Å². The Morgan fingerprint density at radius 3 is 2.57 bits per heavy atom. The third kappa shape index (κ3) is 2.02. The molecule has 1 rings (SSSR count). The van der Waals surface area contributed by atoms with E-state index >= 15 is 0 Å². The van der Waals surface area contributed by atoms with Gasteiger partial charge in [-0.3, -0.25) is 0 Å². The highest BCUT2D eigenvalue weighted by Crippen LogP contribution is 2.27. The molecule has 0 N–H and O–H groups in total. The lowest BCUT2D eigenvalue weighted by Crippen LogP contribution is -2.42.